The van der Waals surface area contributed by atoms with Crippen LogP contribution in [0.15, 0.2) is 54.6 Å². The zero-order valence-corrected chi connectivity index (χ0v) is 17.7. The lowest BCUT2D eigenvalue weighted by atomic mass is 9.88. The third-order valence-electron chi connectivity index (χ3n) is 6.17. The minimum absolute atomic E-state index is 0.223. The van der Waals surface area contributed by atoms with E-state index in [0.29, 0.717) is 6.61 Å². The highest BCUT2D eigenvalue weighted by Gasteiger charge is 2.23. The van der Waals surface area contributed by atoms with Crippen LogP contribution in [0.1, 0.15) is 49.0 Å². The zero-order valence-electron chi connectivity index (χ0n) is 17.7. The minimum atomic E-state index is 0.223. The number of hydrogen-bond donors (Lipinski definition) is 0. The van der Waals surface area contributed by atoms with Gasteiger partial charge in [-0.15, -0.1) is 0 Å². The number of ether oxygens (including phenoxy) is 1. The van der Waals surface area contributed by atoms with E-state index in [1.54, 1.807) is 0 Å². The Morgan fingerprint density at radius 3 is 2.66 bits per heavy atom. The molecule has 1 heterocycles. The Morgan fingerprint density at radius 1 is 1.03 bits per heavy atom. The summed E-state index contributed by atoms with van der Waals surface area (Å²) in [5.74, 6) is 0. The monoisotopic (exact) mass is 390 g/mol. The zero-order chi connectivity index (χ0) is 19.9. The van der Waals surface area contributed by atoms with Gasteiger partial charge in [-0.2, -0.15) is 0 Å². The molecule has 0 aromatic heterocycles. The average molecular weight is 391 g/mol. The fourth-order valence-electron chi connectivity index (χ4n) is 4.58. The SMILES string of the molecule is CCCN1CCN(c2ccc3c(c2)C(OC/C=C/c2ccccc2)CCC3)CC1. The number of aryl methyl sites for hydroxylation is 1. The van der Waals surface area contributed by atoms with Gasteiger partial charge >= 0.3 is 0 Å². The number of rotatable bonds is 7. The van der Waals surface area contributed by atoms with Gasteiger partial charge < -0.3 is 9.64 Å². The van der Waals surface area contributed by atoms with Crippen molar-refractivity contribution in [1.29, 1.82) is 0 Å². The second-order valence-corrected chi connectivity index (χ2v) is 8.24. The van der Waals surface area contributed by atoms with Crippen molar-refractivity contribution in [3.8, 4) is 0 Å². The molecule has 3 heteroatoms. The minimum Gasteiger partial charge on any atom is -0.369 e. The summed E-state index contributed by atoms with van der Waals surface area (Å²) in [6, 6.07) is 17.5. The number of piperazine rings is 1. The second-order valence-electron chi connectivity index (χ2n) is 8.24. The molecule has 1 aliphatic carbocycles. The molecule has 0 N–H and O–H groups in total. The smallest absolute Gasteiger partial charge is 0.0832 e. The van der Waals surface area contributed by atoms with Gasteiger partial charge in [0.15, 0.2) is 0 Å². The van der Waals surface area contributed by atoms with E-state index in [1.165, 1.54) is 61.3 Å². The third kappa shape index (κ3) is 5.29. The number of nitrogens with zero attached hydrogens (tertiary/aromatic N) is 2. The first-order chi connectivity index (χ1) is 14.3. The van der Waals surface area contributed by atoms with Crippen molar-refractivity contribution in [2.45, 2.75) is 38.7 Å². The Bertz CT molecular complexity index is 794. The van der Waals surface area contributed by atoms with Crippen LogP contribution in [0.25, 0.3) is 6.08 Å². The molecule has 0 radical (unpaired) electrons. The van der Waals surface area contributed by atoms with E-state index < -0.39 is 0 Å². The van der Waals surface area contributed by atoms with Crippen molar-refractivity contribution in [2.24, 2.45) is 0 Å². The summed E-state index contributed by atoms with van der Waals surface area (Å²) in [6.07, 6.45) is 9.28. The Labute approximate surface area is 176 Å². The maximum Gasteiger partial charge on any atom is 0.0832 e. The molecule has 29 heavy (non-hydrogen) atoms. The second kappa shape index (κ2) is 10.1. The van der Waals surface area contributed by atoms with Crippen LogP contribution >= 0.6 is 0 Å². The fraction of sp³-hybridized carbons (Fsp3) is 0.462. The van der Waals surface area contributed by atoms with Gasteiger partial charge in [0.25, 0.3) is 0 Å². The highest BCUT2D eigenvalue weighted by molar-refractivity contribution is 5.53. The van der Waals surface area contributed by atoms with Gasteiger partial charge in [0.05, 0.1) is 12.7 Å². The van der Waals surface area contributed by atoms with Crippen molar-refractivity contribution in [3.05, 3.63) is 71.3 Å². The molecule has 0 bridgehead atoms. The average Bonchev–Trinajstić information content (AvgIpc) is 2.78. The van der Waals surface area contributed by atoms with E-state index in [1.807, 2.05) is 6.07 Å². The lowest BCUT2D eigenvalue weighted by molar-refractivity contribution is 0.0611. The Kier molecular flexibility index (Phi) is 7.02. The number of fused-ring (bicyclic) bond motifs is 1. The predicted octanol–water partition coefficient (Wildman–Crippen LogP) is 5.33. The van der Waals surface area contributed by atoms with Crippen molar-refractivity contribution in [2.75, 3.05) is 44.2 Å². The van der Waals surface area contributed by atoms with Crippen LogP contribution in [0.2, 0.25) is 0 Å². The highest BCUT2D eigenvalue weighted by Crippen LogP contribution is 2.35. The van der Waals surface area contributed by atoms with E-state index in [0.717, 1.165) is 19.5 Å². The van der Waals surface area contributed by atoms with Gasteiger partial charge in [0.2, 0.25) is 0 Å². The Morgan fingerprint density at radius 2 is 1.86 bits per heavy atom. The van der Waals surface area contributed by atoms with E-state index >= 15 is 0 Å². The fourth-order valence-corrected chi connectivity index (χ4v) is 4.58. The van der Waals surface area contributed by atoms with Crippen molar-refractivity contribution < 1.29 is 4.74 Å². The van der Waals surface area contributed by atoms with Gasteiger partial charge in [0, 0.05) is 31.9 Å². The molecule has 1 aliphatic heterocycles. The summed E-state index contributed by atoms with van der Waals surface area (Å²) in [7, 11) is 0. The normalized spacial score (nSPS) is 20.2. The number of anilines is 1. The topological polar surface area (TPSA) is 15.7 Å². The molecule has 2 aromatic carbocycles. The van der Waals surface area contributed by atoms with E-state index in [2.05, 4.69) is 71.3 Å². The molecule has 2 aliphatic rings. The van der Waals surface area contributed by atoms with Gasteiger partial charge in [-0.1, -0.05) is 55.5 Å². The first-order valence-corrected chi connectivity index (χ1v) is 11.3. The van der Waals surface area contributed by atoms with Gasteiger partial charge in [-0.05, 0) is 61.1 Å². The summed E-state index contributed by atoms with van der Waals surface area (Å²) in [5.41, 5.74) is 5.49. The van der Waals surface area contributed by atoms with Crippen LogP contribution in [0, 0.1) is 0 Å². The van der Waals surface area contributed by atoms with E-state index in [-0.39, 0.29) is 6.10 Å². The molecule has 1 fully saturated rings. The maximum atomic E-state index is 6.31. The molecule has 0 saturated carbocycles. The maximum absolute atomic E-state index is 6.31. The molecule has 4 rings (SSSR count). The Balaban J connectivity index is 1.38. The quantitative estimate of drug-likeness (QED) is 0.636. The molecule has 0 spiro atoms. The van der Waals surface area contributed by atoms with Crippen LogP contribution in [0.4, 0.5) is 5.69 Å². The molecular weight excluding hydrogens is 356 g/mol. The van der Waals surface area contributed by atoms with Gasteiger partial charge in [-0.3, -0.25) is 4.90 Å². The third-order valence-corrected chi connectivity index (χ3v) is 6.17. The Hall–Kier alpha value is -2.10. The molecule has 1 saturated heterocycles. The summed E-state index contributed by atoms with van der Waals surface area (Å²) in [4.78, 5) is 5.13. The highest BCUT2D eigenvalue weighted by atomic mass is 16.5. The van der Waals surface area contributed by atoms with Crippen LogP contribution in [-0.2, 0) is 11.2 Å². The molecule has 1 atom stereocenters. The van der Waals surface area contributed by atoms with E-state index in [9.17, 15) is 0 Å². The van der Waals surface area contributed by atoms with Crippen molar-refractivity contribution in [1.82, 2.24) is 4.90 Å². The largest absolute Gasteiger partial charge is 0.369 e. The predicted molar refractivity (Wildman–Crippen MR) is 122 cm³/mol. The number of hydrogen-bond acceptors (Lipinski definition) is 3. The van der Waals surface area contributed by atoms with Crippen LogP contribution in [0.3, 0.4) is 0 Å². The van der Waals surface area contributed by atoms with Crippen molar-refractivity contribution in [3.63, 3.8) is 0 Å². The summed E-state index contributed by atoms with van der Waals surface area (Å²) in [5, 5.41) is 0. The van der Waals surface area contributed by atoms with Crippen LogP contribution in [0.5, 0.6) is 0 Å². The lowest BCUT2D eigenvalue weighted by Gasteiger charge is -2.37. The molecule has 2 aromatic rings. The van der Waals surface area contributed by atoms with Crippen molar-refractivity contribution >= 4 is 11.8 Å². The summed E-state index contributed by atoms with van der Waals surface area (Å²) >= 11 is 0. The summed E-state index contributed by atoms with van der Waals surface area (Å²) < 4.78 is 6.31. The molecule has 0 amide bonds. The van der Waals surface area contributed by atoms with Gasteiger partial charge in [0.1, 0.15) is 0 Å². The molecular formula is C26H34N2O. The van der Waals surface area contributed by atoms with Crippen LogP contribution < -0.4 is 4.90 Å². The van der Waals surface area contributed by atoms with E-state index in [4.69, 9.17) is 4.74 Å². The molecule has 1 unspecified atom stereocenters. The lowest BCUT2D eigenvalue weighted by Crippen LogP contribution is -2.46. The summed E-state index contributed by atoms with van der Waals surface area (Å²) in [6.45, 7) is 8.77. The first kappa shape index (κ1) is 20.2. The van der Waals surface area contributed by atoms with Gasteiger partial charge in [-0.25, -0.2) is 0 Å². The molecule has 154 valence electrons. The number of benzene rings is 2. The molecule has 3 nitrogen and oxygen atoms in total. The van der Waals surface area contributed by atoms with Crippen LogP contribution in [-0.4, -0.2) is 44.2 Å². The first-order valence-electron chi connectivity index (χ1n) is 11.3. The standard InChI is InChI=1S/C26H34N2O/c1-2-15-27-16-18-28(19-17-27)24-14-13-23-11-6-12-26(25(23)21-24)29-20-7-10-22-8-4-3-5-9-22/h3-5,7-10,13-14,21,26H,2,6,11-12,15-20H2,1H3/b10-7+.